The molecule has 0 saturated heterocycles. The number of carbonyl (C=O) groups is 3. The second kappa shape index (κ2) is 30.3. The van der Waals surface area contributed by atoms with Gasteiger partial charge in [0, 0.05) is 43.5 Å². The molecule has 0 aliphatic carbocycles. The Bertz CT molecular complexity index is 850. The number of thioether (sulfide) groups is 1. The predicted molar refractivity (Wildman–Crippen MR) is 171 cm³/mol. The molecule has 226 valence electrons. The fraction of sp³-hybridized carbons (Fsp3) is 0.533. The van der Waals surface area contributed by atoms with Crippen LogP contribution >= 0.6 is 11.8 Å². The molecule has 0 aromatic heterocycles. The number of rotatable bonds is 15. The Balaban J connectivity index is -0.000000557. The lowest BCUT2D eigenvalue weighted by molar-refractivity contribution is -0.120. The largest absolute Gasteiger partial charge is 0.362 e. The fourth-order valence-corrected chi connectivity index (χ4v) is 3.24. The maximum Gasteiger partial charge on any atom is 0.251 e. The molecule has 0 saturated carbocycles. The minimum absolute atomic E-state index is 0.00471. The van der Waals surface area contributed by atoms with Gasteiger partial charge in [-0.05, 0) is 68.7 Å². The van der Waals surface area contributed by atoms with Crippen LogP contribution in [0.5, 0.6) is 0 Å². The van der Waals surface area contributed by atoms with Gasteiger partial charge in [-0.2, -0.15) is 5.26 Å². The van der Waals surface area contributed by atoms with Crippen LogP contribution < -0.4 is 21.3 Å². The number of hydrogen-bond acceptors (Lipinski definition) is 7. The summed E-state index contributed by atoms with van der Waals surface area (Å²) in [6.45, 7) is 24.6. The van der Waals surface area contributed by atoms with Gasteiger partial charge in [0.05, 0.1) is 11.3 Å². The molecule has 0 heterocycles. The Hall–Kier alpha value is -3.29. The second-order valence-electron chi connectivity index (χ2n) is 8.23. The number of allylic oxidation sites excluding steroid dienone is 1. The Kier molecular flexibility index (Phi) is 31.2. The fourth-order valence-electron chi connectivity index (χ4n) is 2.66. The molecule has 0 aliphatic heterocycles. The Labute approximate surface area is 247 Å². The van der Waals surface area contributed by atoms with Crippen LogP contribution in [0.25, 0.3) is 0 Å². The van der Waals surface area contributed by atoms with Gasteiger partial charge in [-0.25, -0.2) is 0 Å². The van der Waals surface area contributed by atoms with E-state index in [1.807, 2.05) is 39.0 Å². The predicted octanol–water partition coefficient (Wildman–Crippen LogP) is 5.01. The van der Waals surface area contributed by atoms with Gasteiger partial charge in [-0.1, -0.05) is 48.1 Å². The van der Waals surface area contributed by atoms with Gasteiger partial charge in [0.15, 0.2) is 0 Å². The van der Waals surface area contributed by atoms with E-state index < -0.39 is 0 Å². The van der Waals surface area contributed by atoms with Crippen LogP contribution in [-0.4, -0.2) is 67.6 Å². The highest BCUT2D eigenvalue weighted by Gasteiger charge is 2.09. The van der Waals surface area contributed by atoms with Gasteiger partial charge in [-0.15, -0.1) is 11.8 Å². The lowest BCUT2D eigenvalue weighted by Gasteiger charge is -2.17. The molecule has 1 aromatic rings. The minimum atomic E-state index is -0.130. The summed E-state index contributed by atoms with van der Waals surface area (Å²) in [6, 6.07) is 9.19. The maximum absolute atomic E-state index is 11.9. The molecule has 1 unspecified atom stereocenters. The lowest BCUT2D eigenvalue weighted by atomic mass is 10.2. The third kappa shape index (κ3) is 25.0. The van der Waals surface area contributed by atoms with Gasteiger partial charge >= 0.3 is 0 Å². The number of anilines is 1. The Morgan fingerprint density at radius 1 is 1.07 bits per heavy atom. The number of likely N-dealkylation sites (N-methyl/N-ethyl adjacent to an activating group) is 1. The molecule has 0 radical (unpaired) electrons. The summed E-state index contributed by atoms with van der Waals surface area (Å²) in [7, 11) is 0. The number of benzene rings is 1. The SMILES string of the molecule is C=CNc1ccc(C(=O)NCCN(CC)CC)cc1.CC.CC(C)CNC=O.CCNC(=O)C(C)S/C=C/C#N. The first-order valence-corrected chi connectivity index (χ1v) is 14.8. The molecule has 1 rings (SSSR count). The molecule has 0 bridgehead atoms. The van der Waals surface area contributed by atoms with Crippen molar-refractivity contribution in [2.75, 3.05) is 44.6 Å². The molecule has 1 atom stereocenters. The van der Waals surface area contributed by atoms with E-state index in [4.69, 9.17) is 5.26 Å². The highest BCUT2D eigenvalue weighted by molar-refractivity contribution is 8.03. The minimum Gasteiger partial charge on any atom is -0.362 e. The highest BCUT2D eigenvalue weighted by atomic mass is 32.2. The number of amides is 3. The molecule has 10 heteroatoms. The first-order valence-electron chi connectivity index (χ1n) is 13.8. The molecule has 0 aliphatic rings. The van der Waals surface area contributed by atoms with Crippen molar-refractivity contribution in [2.24, 2.45) is 5.92 Å². The summed E-state index contributed by atoms with van der Waals surface area (Å²) in [5.74, 6) is 0.535. The van der Waals surface area contributed by atoms with Crippen molar-refractivity contribution in [2.45, 2.75) is 60.6 Å². The highest BCUT2D eigenvalue weighted by Crippen LogP contribution is 2.11. The van der Waals surface area contributed by atoms with Crippen molar-refractivity contribution in [3.8, 4) is 6.07 Å². The molecule has 4 N–H and O–H groups in total. The van der Waals surface area contributed by atoms with Crippen LogP contribution in [-0.2, 0) is 9.59 Å². The number of nitriles is 1. The van der Waals surface area contributed by atoms with Crippen molar-refractivity contribution in [3.05, 3.63) is 54.1 Å². The van der Waals surface area contributed by atoms with Gasteiger partial charge in [0.1, 0.15) is 0 Å². The number of nitrogens with zero attached hydrogens (tertiary/aromatic N) is 2. The average Bonchev–Trinajstić information content (AvgIpc) is 2.96. The number of nitrogens with one attached hydrogen (secondary N) is 4. The number of hydrogen-bond donors (Lipinski definition) is 4. The van der Waals surface area contributed by atoms with E-state index in [0.29, 0.717) is 24.6 Å². The van der Waals surface area contributed by atoms with Gasteiger partial charge in [0.25, 0.3) is 5.91 Å². The van der Waals surface area contributed by atoms with Gasteiger partial charge < -0.3 is 26.2 Å². The molecule has 0 fully saturated rings. The zero-order valence-electron chi connectivity index (χ0n) is 25.8. The lowest BCUT2D eigenvalue weighted by Crippen LogP contribution is -2.34. The second-order valence-corrected chi connectivity index (χ2v) is 9.48. The molecule has 40 heavy (non-hydrogen) atoms. The van der Waals surface area contributed by atoms with Crippen LogP contribution in [0.4, 0.5) is 5.69 Å². The van der Waals surface area contributed by atoms with E-state index in [1.54, 1.807) is 30.7 Å². The summed E-state index contributed by atoms with van der Waals surface area (Å²) >= 11 is 1.33. The van der Waals surface area contributed by atoms with Crippen LogP contribution in [0.1, 0.15) is 65.7 Å². The monoisotopic (exact) mass is 576 g/mol. The number of carbonyl (C=O) groups excluding carboxylic acids is 3. The smallest absolute Gasteiger partial charge is 0.251 e. The summed E-state index contributed by atoms with van der Waals surface area (Å²) in [5, 5.41) is 20.8. The van der Waals surface area contributed by atoms with E-state index in [-0.39, 0.29) is 17.1 Å². The van der Waals surface area contributed by atoms with Crippen molar-refractivity contribution in [1.29, 1.82) is 5.26 Å². The molecule has 9 nitrogen and oxygen atoms in total. The molecular weight excluding hydrogens is 524 g/mol. The summed E-state index contributed by atoms with van der Waals surface area (Å²) in [5.41, 5.74) is 1.60. The van der Waals surface area contributed by atoms with Crippen molar-refractivity contribution < 1.29 is 14.4 Å². The normalized spacial score (nSPS) is 10.3. The molecular formula is C30H52N6O3S. The van der Waals surface area contributed by atoms with Crippen molar-refractivity contribution in [1.82, 2.24) is 20.9 Å². The molecule has 0 spiro atoms. The summed E-state index contributed by atoms with van der Waals surface area (Å²) in [4.78, 5) is 34.9. The molecule has 3 amide bonds. The quantitative estimate of drug-likeness (QED) is 0.171. The van der Waals surface area contributed by atoms with E-state index in [0.717, 1.165) is 38.3 Å². The van der Waals surface area contributed by atoms with Crippen LogP contribution in [0.15, 0.2) is 48.5 Å². The van der Waals surface area contributed by atoms with Crippen molar-refractivity contribution in [3.63, 3.8) is 0 Å². The van der Waals surface area contributed by atoms with E-state index >= 15 is 0 Å². The van der Waals surface area contributed by atoms with Crippen molar-refractivity contribution >= 4 is 35.7 Å². The van der Waals surface area contributed by atoms with Crippen LogP contribution in [0.3, 0.4) is 0 Å². The summed E-state index contributed by atoms with van der Waals surface area (Å²) < 4.78 is 0. The zero-order valence-corrected chi connectivity index (χ0v) is 26.6. The third-order valence-corrected chi connectivity index (χ3v) is 5.69. The van der Waals surface area contributed by atoms with E-state index in [1.165, 1.54) is 17.8 Å². The first-order chi connectivity index (χ1) is 19.2. The van der Waals surface area contributed by atoms with Crippen LogP contribution in [0, 0.1) is 17.2 Å². The average molecular weight is 577 g/mol. The topological polar surface area (TPSA) is 126 Å². The standard InChI is InChI=1S/C15H23N3O.C8H12N2OS.C5H11NO.C2H6/c1-4-16-14-9-7-13(8-10-14)15(19)17-11-12-18(5-2)6-3;1-3-10-8(11)7(2)12-6-4-5-9;1-5(2)3-6-4-7;1-2/h4,7-10,16H,1,5-6,11-12H2,2-3H3,(H,17,19);4,6-7H,3H2,1-2H3,(H,10,11);4-5H,3H2,1-2H3,(H,6,7);1-2H3/b;6-4+;;. The van der Waals surface area contributed by atoms with E-state index in [9.17, 15) is 14.4 Å². The Morgan fingerprint density at radius 2 is 1.68 bits per heavy atom. The Morgan fingerprint density at radius 3 is 2.10 bits per heavy atom. The molecule has 1 aromatic carbocycles. The van der Waals surface area contributed by atoms with Gasteiger partial charge in [0.2, 0.25) is 12.3 Å². The van der Waals surface area contributed by atoms with Gasteiger partial charge in [-0.3, -0.25) is 14.4 Å². The van der Waals surface area contributed by atoms with Crippen LogP contribution in [0.2, 0.25) is 0 Å². The zero-order chi connectivity index (χ0) is 31.2. The maximum atomic E-state index is 11.9. The third-order valence-electron chi connectivity index (χ3n) is 4.78. The first kappa shape index (κ1) is 41.2. The summed E-state index contributed by atoms with van der Waals surface area (Å²) in [6.07, 6.45) is 3.69. The van der Waals surface area contributed by atoms with E-state index in [2.05, 4.69) is 60.4 Å².